The maximum Gasteiger partial charge on any atom is 0.307 e. The van der Waals surface area contributed by atoms with Crippen LogP contribution in [-0.4, -0.2) is 87.2 Å². The van der Waals surface area contributed by atoms with Gasteiger partial charge in [-0.1, -0.05) is 28.5 Å². The number of likely N-dealkylation sites (N-methyl/N-ethyl adjacent to an activating group) is 2. The summed E-state index contributed by atoms with van der Waals surface area (Å²) in [6.45, 7) is 5.19. The van der Waals surface area contributed by atoms with Crippen LogP contribution in [0.1, 0.15) is 26.2 Å². The lowest BCUT2D eigenvalue weighted by atomic mass is 9.95. The van der Waals surface area contributed by atoms with Crippen molar-refractivity contribution in [1.29, 1.82) is 0 Å². The van der Waals surface area contributed by atoms with Gasteiger partial charge in [-0.2, -0.15) is 0 Å². The highest BCUT2D eigenvalue weighted by Crippen LogP contribution is 2.43. The molecule has 0 atom stereocenters. The molecule has 146 valence electrons. The fourth-order valence-electron chi connectivity index (χ4n) is 2.16. The number of rotatable bonds is 12. The minimum absolute atomic E-state index is 0.169. The Kier molecular flexibility index (Phi) is 10.9. The number of nitrogens with zero attached hydrogens (tertiary/aromatic N) is 2. The Balaban J connectivity index is 2.31. The molecule has 0 aromatic carbocycles. The molecule has 0 unspecified atom stereocenters. The predicted octanol–water partition coefficient (Wildman–Crippen LogP) is 2.14. The maximum absolute atomic E-state index is 12.0. The molecule has 0 saturated carbocycles. The molecule has 0 amide bonds. The molecule has 1 fully saturated rings. The van der Waals surface area contributed by atoms with Crippen molar-refractivity contribution in [3.05, 3.63) is 0 Å². The average molecular weight is 393 g/mol. The van der Waals surface area contributed by atoms with Crippen molar-refractivity contribution in [1.82, 2.24) is 9.80 Å². The Morgan fingerprint density at radius 2 is 1.48 bits per heavy atom. The quantitative estimate of drug-likeness (QED) is 0.370. The minimum atomic E-state index is -0.245. The second kappa shape index (κ2) is 12.0. The first-order valence-corrected chi connectivity index (χ1v) is 11.2. The summed E-state index contributed by atoms with van der Waals surface area (Å²) in [5.74, 6) is 1.33. The van der Waals surface area contributed by atoms with E-state index in [1.807, 2.05) is 28.1 Å². The van der Waals surface area contributed by atoms with Gasteiger partial charge in [0.2, 0.25) is 0 Å². The average Bonchev–Trinajstić information content (AvgIpc) is 3.04. The number of carbonyl (C=O) groups excluding carboxylic acids is 2. The third-order valence-electron chi connectivity index (χ3n) is 3.97. The highest BCUT2D eigenvalue weighted by atomic mass is 33.1. The number of esters is 2. The Labute approximate surface area is 159 Å². The number of ether oxygens (including phenoxy) is 2. The van der Waals surface area contributed by atoms with Crippen LogP contribution in [0.25, 0.3) is 0 Å². The molecule has 1 rings (SSSR count). The Bertz CT molecular complexity index is 415. The van der Waals surface area contributed by atoms with Crippen LogP contribution in [-0.2, 0) is 19.1 Å². The highest BCUT2D eigenvalue weighted by Gasteiger charge is 2.38. The van der Waals surface area contributed by atoms with E-state index in [-0.39, 0.29) is 17.4 Å². The summed E-state index contributed by atoms with van der Waals surface area (Å²) in [7, 11) is 9.57. The van der Waals surface area contributed by atoms with Crippen LogP contribution in [0.3, 0.4) is 0 Å². The van der Waals surface area contributed by atoms with Gasteiger partial charge in [-0.05, 0) is 27.6 Å². The third-order valence-corrected chi connectivity index (χ3v) is 6.81. The van der Waals surface area contributed by atoms with E-state index in [0.717, 1.165) is 31.0 Å². The van der Waals surface area contributed by atoms with Crippen molar-refractivity contribution in [2.24, 2.45) is 5.41 Å². The summed E-state index contributed by atoms with van der Waals surface area (Å²) < 4.78 is 10.9. The molecule has 0 aromatic rings. The van der Waals surface area contributed by atoms with E-state index in [1.54, 1.807) is 21.6 Å². The van der Waals surface area contributed by atoms with Gasteiger partial charge in [-0.15, -0.1) is 0 Å². The SMILES string of the molecule is CCCC(=O)OCC1(COC(=O)CCN(C)CCN(C)C)CSSC1. The highest BCUT2D eigenvalue weighted by molar-refractivity contribution is 8.77. The maximum atomic E-state index is 12.0. The molecule has 0 radical (unpaired) electrons. The van der Waals surface area contributed by atoms with Gasteiger partial charge in [0.05, 0.1) is 11.8 Å². The zero-order valence-corrected chi connectivity index (χ0v) is 17.5. The van der Waals surface area contributed by atoms with Crippen LogP contribution in [0.5, 0.6) is 0 Å². The van der Waals surface area contributed by atoms with Crippen LogP contribution in [0.15, 0.2) is 0 Å². The summed E-state index contributed by atoms with van der Waals surface area (Å²) in [5, 5.41) is 0. The first-order chi connectivity index (χ1) is 11.9. The Hall–Kier alpha value is -0.440. The lowest BCUT2D eigenvalue weighted by Crippen LogP contribution is -2.37. The number of carbonyl (C=O) groups is 2. The molecule has 1 saturated heterocycles. The van der Waals surface area contributed by atoms with Crippen molar-refractivity contribution in [2.45, 2.75) is 26.2 Å². The molecule has 0 aliphatic carbocycles. The van der Waals surface area contributed by atoms with Crippen LogP contribution in [0, 0.1) is 5.41 Å². The summed E-state index contributed by atoms with van der Waals surface area (Å²) in [4.78, 5) is 27.9. The van der Waals surface area contributed by atoms with Crippen molar-refractivity contribution in [2.75, 3.05) is 65.5 Å². The smallest absolute Gasteiger partial charge is 0.307 e. The number of hydrogen-bond acceptors (Lipinski definition) is 8. The van der Waals surface area contributed by atoms with E-state index >= 15 is 0 Å². The van der Waals surface area contributed by atoms with Crippen LogP contribution >= 0.6 is 21.6 Å². The molecule has 8 heteroatoms. The van der Waals surface area contributed by atoms with E-state index in [2.05, 4.69) is 9.80 Å². The van der Waals surface area contributed by atoms with Gasteiger partial charge in [0, 0.05) is 37.6 Å². The van der Waals surface area contributed by atoms with Crippen LogP contribution in [0.2, 0.25) is 0 Å². The molecule has 0 bridgehead atoms. The summed E-state index contributed by atoms with van der Waals surface area (Å²) in [6.07, 6.45) is 1.61. The molecule has 1 aliphatic rings. The monoisotopic (exact) mass is 392 g/mol. The second-order valence-electron chi connectivity index (χ2n) is 6.95. The van der Waals surface area contributed by atoms with Crippen molar-refractivity contribution in [3.63, 3.8) is 0 Å². The lowest BCUT2D eigenvalue weighted by Gasteiger charge is -2.26. The minimum Gasteiger partial charge on any atom is -0.465 e. The molecule has 1 heterocycles. The van der Waals surface area contributed by atoms with Gasteiger partial charge in [0.25, 0.3) is 0 Å². The summed E-state index contributed by atoms with van der Waals surface area (Å²) in [5.41, 5.74) is -0.245. The number of hydrogen-bond donors (Lipinski definition) is 0. The van der Waals surface area contributed by atoms with E-state index < -0.39 is 0 Å². The summed E-state index contributed by atoms with van der Waals surface area (Å²) in [6, 6.07) is 0. The van der Waals surface area contributed by atoms with Crippen molar-refractivity contribution >= 4 is 33.5 Å². The van der Waals surface area contributed by atoms with E-state index in [0.29, 0.717) is 32.6 Å². The molecule has 0 N–H and O–H groups in total. The first-order valence-electron chi connectivity index (χ1n) is 8.76. The topological polar surface area (TPSA) is 59.1 Å². The fourth-order valence-corrected chi connectivity index (χ4v) is 5.50. The van der Waals surface area contributed by atoms with Gasteiger partial charge in [-0.3, -0.25) is 9.59 Å². The van der Waals surface area contributed by atoms with Gasteiger partial charge in [0.1, 0.15) is 13.2 Å². The van der Waals surface area contributed by atoms with E-state index in [9.17, 15) is 9.59 Å². The van der Waals surface area contributed by atoms with Crippen LogP contribution < -0.4 is 0 Å². The predicted molar refractivity (Wildman–Crippen MR) is 105 cm³/mol. The molecule has 0 aromatic heterocycles. The van der Waals surface area contributed by atoms with Gasteiger partial charge < -0.3 is 19.3 Å². The second-order valence-corrected chi connectivity index (χ2v) is 9.42. The lowest BCUT2D eigenvalue weighted by molar-refractivity contribution is -0.152. The largest absolute Gasteiger partial charge is 0.465 e. The van der Waals surface area contributed by atoms with Crippen LogP contribution in [0.4, 0.5) is 0 Å². The first kappa shape index (κ1) is 22.6. The van der Waals surface area contributed by atoms with Gasteiger partial charge in [-0.25, -0.2) is 0 Å². The van der Waals surface area contributed by atoms with E-state index in [1.165, 1.54) is 0 Å². The molecule has 25 heavy (non-hydrogen) atoms. The van der Waals surface area contributed by atoms with Gasteiger partial charge in [0.15, 0.2) is 0 Å². The van der Waals surface area contributed by atoms with Crippen molar-refractivity contribution in [3.8, 4) is 0 Å². The third kappa shape index (κ3) is 9.72. The fraction of sp³-hybridized carbons (Fsp3) is 0.882. The summed E-state index contributed by atoms with van der Waals surface area (Å²) >= 11 is 0. The molecule has 6 nitrogen and oxygen atoms in total. The zero-order chi connectivity index (χ0) is 18.7. The molecule has 0 spiro atoms. The Morgan fingerprint density at radius 1 is 0.920 bits per heavy atom. The molecular formula is C17H32N2O4S2. The van der Waals surface area contributed by atoms with Gasteiger partial charge >= 0.3 is 11.9 Å². The van der Waals surface area contributed by atoms with Crippen molar-refractivity contribution < 1.29 is 19.1 Å². The normalized spacial score (nSPS) is 16.4. The Morgan fingerprint density at radius 3 is 2.00 bits per heavy atom. The van der Waals surface area contributed by atoms with E-state index in [4.69, 9.17) is 9.47 Å². The molecular weight excluding hydrogens is 360 g/mol. The standard InChI is InChI=1S/C17H32N2O4S2/c1-5-6-15(20)22-11-17(13-24-25-14-17)12-23-16(21)7-8-19(4)10-9-18(2)3/h5-14H2,1-4H3. The zero-order valence-electron chi connectivity index (χ0n) is 15.9. The molecule has 1 aliphatic heterocycles.